The average molecular weight is 335 g/mol. The molecule has 1 heterocycles. The van der Waals surface area contributed by atoms with Crippen molar-refractivity contribution in [3.63, 3.8) is 0 Å². The van der Waals surface area contributed by atoms with Gasteiger partial charge in [-0.05, 0) is 32.3 Å². The van der Waals surface area contributed by atoms with Crippen LogP contribution in [0.25, 0.3) is 0 Å². The lowest BCUT2D eigenvalue weighted by Crippen LogP contribution is -2.41. The minimum Gasteiger partial charge on any atom is -0.477 e. The van der Waals surface area contributed by atoms with Crippen molar-refractivity contribution >= 4 is 27.3 Å². The second kappa shape index (κ2) is 6.43. The Morgan fingerprint density at radius 2 is 2.05 bits per heavy atom. The Hall–Kier alpha value is -0.960. The van der Waals surface area contributed by atoms with Gasteiger partial charge in [-0.25, -0.2) is 17.9 Å². The lowest BCUT2D eigenvalue weighted by molar-refractivity contribution is 0.0436. The number of rotatable bonds is 7. The van der Waals surface area contributed by atoms with E-state index in [0.717, 1.165) is 17.4 Å². The molecule has 0 bridgehead atoms. The average Bonchev–Trinajstić information content (AvgIpc) is 2.68. The molecule has 0 spiro atoms. The van der Waals surface area contributed by atoms with Gasteiger partial charge < -0.3 is 10.2 Å². The predicted octanol–water partition coefficient (Wildman–Crippen LogP) is 1.83. The van der Waals surface area contributed by atoms with Crippen LogP contribution in [0.15, 0.2) is 11.0 Å². The number of hydrogen-bond donors (Lipinski definition) is 3. The van der Waals surface area contributed by atoms with E-state index in [1.165, 1.54) is 0 Å². The quantitative estimate of drug-likeness (QED) is 0.705. The molecule has 1 rings (SSSR count). The minimum absolute atomic E-state index is 0.0261. The normalized spacial score (nSPS) is 15.1. The van der Waals surface area contributed by atoms with E-state index in [4.69, 9.17) is 5.11 Å². The molecule has 0 saturated carbocycles. The first-order chi connectivity index (χ1) is 9.44. The van der Waals surface area contributed by atoms with Crippen LogP contribution in [0.2, 0.25) is 0 Å². The van der Waals surface area contributed by atoms with Gasteiger partial charge in [-0.3, -0.25) is 0 Å². The zero-order valence-electron chi connectivity index (χ0n) is 12.5. The standard InChI is InChI=1S/C13H21NO5S2/c1-8(2)6-13(4,17)7-14-21(18,19)11-5-10(12(15)16)20-9(11)3/h5,8,14,17H,6-7H2,1-4H3,(H,15,16). The fraction of sp³-hybridized carbons (Fsp3) is 0.615. The molecule has 0 radical (unpaired) electrons. The zero-order chi connectivity index (χ0) is 16.4. The summed E-state index contributed by atoms with van der Waals surface area (Å²) in [7, 11) is -3.84. The fourth-order valence-electron chi connectivity index (χ4n) is 2.12. The Morgan fingerprint density at radius 3 is 2.48 bits per heavy atom. The highest BCUT2D eigenvalue weighted by molar-refractivity contribution is 7.89. The van der Waals surface area contributed by atoms with Crippen LogP contribution in [-0.4, -0.2) is 36.7 Å². The molecule has 0 aliphatic carbocycles. The second-order valence-electron chi connectivity index (χ2n) is 5.76. The largest absolute Gasteiger partial charge is 0.477 e. The number of aliphatic hydroxyl groups is 1. The molecule has 1 aromatic heterocycles. The molecule has 1 atom stereocenters. The third-order valence-electron chi connectivity index (χ3n) is 2.86. The molecule has 120 valence electrons. The van der Waals surface area contributed by atoms with E-state index in [0.29, 0.717) is 11.3 Å². The number of aryl methyl sites for hydroxylation is 1. The maximum absolute atomic E-state index is 12.2. The maximum atomic E-state index is 12.2. The third kappa shape index (κ3) is 5.06. The highest BCUT2D eigenvalue weighted by atomic mass is 32.2. The second-order valence-corrected chi connectivity index (χ2v) is 8.75. The van der Waals surface area contributed by atoms with Crippen LogP contribution in [0.5, 0.6) is 0 Å². The van der Waals surface area contributed by atoms with E-state index in [-0.39, 0.29) is 22.2 Å². The van der Waals surface area contributed by atoms with E-state index in [1.54, 1.807) is 13.8 Å². The molecule has 0 aromatic carbocycles. The molecule has 0 aliphatic rings. The van der Waals surface area contributed by atoms with E-state index >= 15 is 0 Å². The van der Waals surface area contributed by atoms with Gasteiger partial charge in [-0.15, -0.1) is 11.3 Å². The summed E-state index contributed by atoms with van der Waals surface area (Å²) >= 11 is 0.912. The Kier molecular flexibility index (Phi) is 5.54. The summed E-state index contributed by atoms with van der Waals surface area (Å²) in [5, 5.41) is 19.0. The third-order valence-corrected chi connectivity index (χ3v) is 5.56. The van der Waals surface area contributed by atoms with Crippen LogP contribution >= 0.6 is 11.3 Å². The molecule has 6 nitrogen and oxygen atoms in total. The molecule has 3 N–H and O–H groups in total. The van der Waals surface area contributed by atoms with Crippen LogP contribution in [-0.2, 0) is 10.0 Å². The van der Waals surface area contributed by atoms with Gasteiger partial charge in [-0.2, -0.15) is 0 Å². The van der Waals surface area contributed by atoms with Crippen LogP contribution in [0, 0.1) is 12.8 Å². The van der Waals surface area contributed by atoms with Crippen molar-refractivity contribution in [3.05, 3.63) is 15.8 Å². The monoisotopic (exact) mass is 335 g/mol. The smallest absolute Gasteiger partial charge is 0.345 e. The Balaban J connectivity index is 2.90. The summed E-state index contributed by atoms with van der Waals surface area (Å²) in [6.45, 7) is 6.87. The van der Waals surface area contributed by atoms with Gasteiger partial charge in [0.2, 0.25) is 10.0 Å². The fourth-order valence-corrected chi connectivity index (χ4v) is 4.71. The van der Waals surface area contributed by atoms with Crippen molar-refractivity contribution in [2.45, 2.75) is 44.6 Å². The Labute approximate surface area is 128 Å². The molecule has 0 aliphatic heterocycles. The van der Waals surface area contributed by atoms with Crippen molar-refractivity contribution in [1.29, 1.82) is 0 Å². The van der Waals surface area contributed by atoms with Crippen molar-refractivity contribution in [2.75, 3.05) is 6.54 Å². The molecule has 1 aromatic rings. The summed E-state index contributed by atoms with van der Waals surface area (Å²) in [6, 6.07) is 1.14. The molecule has 8 heteroatoms. The molecule has 21 heavy (non-hydrogen) atoms. The van der Waals surface area contributed by atoms with Gasteiger partial charge in [0.15, 0.2) is 0 Å². The number of aromatic carboxylic acids is 1. The first-order valence-electron chi connectivity index (χ1n) is 6.50. The summed E-state index contributed by atoms with van der Waals surface area (Å²) in [5.41, 5.74) is -1.15. The minimum atomic E-state index is -3.84. The van der Waals surface area contributed by atoms with Crippen LogP contribution < -0.4 is 4.72 Å². The van der Waals surface area contributed by atoms with Crippen LogP contribution in [0.3, 0.4) is 0 Å². The first kappa shape index (κ1) is 18.1. The number of hydrogen-bond acceptors (Lipinski definition) is 5. The van der Waals surface area contributed by atoms with Crippen molar-refractivity contribution in [1.82, 2.24) is 4.72 Å². The van der Waals surface area contributed by atoms with Gasteiger partial charge in [0.25, 0.3) is 0 Å². The lowest BCUT2D eigenvalue weighted by Gasteiger charge is -2.25. The van der Waals surface area contributed by atoms with E-state index in [9.17, 15) is 18.3 Å². The van der Waals surface area contributed by atoms with Crippen molar-refractivity contribution < 1.29 is 23.4 Å². The van der Waals surface area contributed by atoms with Crippen LogP contribution in [0.1, 0.15) is 41.7 Å². The highest BCUT2D eigenvalue weighted by Crippen LogP contribution is 2.26. The van der Waals surface area contributed by atoms with Gasteiger partial charge in [0.05, 0.1) is 10.5 Å². The predicted molar refractivity (Wildman–Crippen MR) is 81.3 cm³/mol. The SMILES string of the molecule is Cc1sc(C(=O)O)cc1S(=O)(=O)NCC(C)(O)CC(C)C. The topological polar surface area (TPSA) is 104 Å². The number of nitrogens with one attached hydrogen (secondary N) is 1. The van der Waals surface area contributed by atoms with Gasteiger partial charge in [0.1, 0.15) is 4.88 Å². The number of thiophene rings is 1. The molecular formula is C13H21NO5S2. The summed E-state index contributed by atoms with van der Waals surface area (Å²) in [4.78, 5) is 11.2. The van der Waals surface area contributed by atoms with Crippen molar-refractivity contribution in [2.24, 2.45) is 5.92 Å². The lowest BCUT2D eigenvalue weighted by atomic mass is 9.95. The Morgan fingerprint density at radius 1 is 1.48 bits per heavy atom. The summed E-state index contributed by atoms with van der Waals surface area (Å²) < 4.78 is 26.8. The number of carboxylic acid groups (broad SMARTS) is 1. The number of sulfonamides is 1. The molecular weight excluding hydrogens is 314 g/mol. The summed E-state index contributed by atoms with van der Waals surface area (Å²) in [5.74, 6) is -0.928. The molecule has 0 fully saturated rings. The molecule has 0 saturated heterocycles. The molecule has 0 amide bonds. The zero-order valence-corrected chi connectivity index (χ0v) is 14.1. The highest BCUT2D eigenvalue weighted by Gasteiger charge is 2.27. The summed E-state index contributed by atoms with van der Waals surface area (Å²) in [6.07, 6.45) is 0.457. The number of carbonyl (C=O) groups is 1. The van der Waals surface area contributed by atoms with Gasteiger partial charge >= 0.3 is 5.97 Å². The number of carboxylic acids is 1. The molecule has 1 unspecified atom stereocenters. The van der Waals surface area contributed by atoms with Gasteiger partial charge in [-0.1, -0.05) is 13.8 Å². The maximum Gasteiger partial charge on any atom is 0.345 e. The van der Waals surface area contributed by atoms with Gasteiger partial charge in [0, 0.05) is 11.4 Å². The Bertz CT molecular complexity index is 617. The van der Waals surface area contributed by atoms with E-state index in [1.807, 2.05) is 13.8 Å². The first-order valence-corrected chi connectivity index (χ1v) is 8.80. The van der Waals surface area contributed by atoms with E-state index < -0.39 is 21.6 Å². The van der Waals surface area contributed by atoms with Crippen molar-refractivity contribution in [3.8, 4) is 0 Å². The van der Waals surface area contributed by atoms with E-state index in [2.05, 4.69) is 4.72 Å². The van der Waals surface area contributed by atoms with Crippen LogP contribution in [0.4, 0.5) is 0 Å².